The van der Waals surface area contributed by atoms with Gasteiger partial charge in [0.2, 0.25) is 0 Å². The summed E-state index contributed by atoms with van der Waals surface area (Å²) in [5.41, 5.74) is 3.12. The van der Waals surface area contributed by atoms with Gasteiger partial charge in [-0.1, -0.05) is 24.3 Å². The molecular formula is C26H26N4O2. The number of rotatable bonds is 9. The quantitative estimate of drug-likeness (QED) is 0.406. The molecule has 0 radical (unpaired) electrons. The Morgan fingerprint density at radius 3 is 2.66 bits per heavy atom. The highest BCUT2D eigenvalue weighted by Crippen LogP contribution is 2.19. The van der Waals surface area contributed by atoms with E-state index >= 15 is 0 Å². The Hall–Kier alpha value is -3.77. The number of hydrogen-bond acceptors (Lipinski definition) is 5. The molecular weight excluding hydrogens is 400 g/mol. The van der Waals surface area contributed by atoms with Crippen molar-refractivity contribution in [1.29, 1.82) is 0 Å². The predicted octanol–water partition coefficient (Wildman–Crippen LogP) is 3.92. The molecule has 0 saturated heterocycles. The summed E-state index contributed by atoms with van der Waals surface area (Å²) in [6, 6.07) is 17.2. The lowest BCUT2D eigenvalue weighted by atomic mass is 10.2. The third-order valence-corrected chi connectivity index (χ3v) is 5.26. The van der Waals surface area contributed by atoms with E-state index in [9.17, 15) is 4.79 Å². The molecule has 1 aromatic carbocycles. The molecule has 4 rings (SSSR count). The summed E-state index contributed by atoms with van der Waals surface area (Å²) in [4.78, 5) is 22.5. The van der Waals surface area contributed by atoms with Crippen molar-refractivity contribution in [2.45, 2.75) is 6.54 Å². The monoisotopic (exact) mass is 426 g/mol. The molecule has 162 valence electrons. The highest BCUT2D eigenvalue weighted by atomic mass is 16.5. The molecule has 0 amide bonds. The molecule has 6 heteroatoms. The van der Waals surface area contributed by atoms with Crippen LogP contribution in [0.2, 0.25) is 0 Å². The normalized spacial score (nSPS) is 11.4. The zero-order chi connectivity index (χ0) is 22.2. The van der Waals surface area contributed by atoms with E-state index in [0.29, 0.717) is 6.61 Å². The van der Waals surface area contributed by atoms with Gasteiger partial charge in [0, 0.05) is 62.9 Å². The van der Waals surface area contributed by atoms with Gasteiger partial charge in [0.15, 0.2) is 0 Å². The van der Waals surface area contributed by atoms with Gasteiger partial charge in [0.1, 0.15) is 12.4 Å². The Kier molecular flexibility index (Phi) is 7.05. The topological polar surface area (TPSA) is 60.2 Å². The molecule has 6 nitrogen and oxygen atoms in total. The molecule has 0 aliphatic carbocycles. The van der Waals surface area contributed by atoms with Gasteiger partial charge in [0.05, 0.1) is 5.52 Å². The van der Waals surface area contributed by atoms with Gasteiger partial charge >= 0.3 is 0 Å². The van der Waals surface area contributed by atoms with Crippen LogP contribution in [-0.2, 0) is 13.6 Å². The molecule has 0 unspecified atom stereocenters. The van der Waals surface area contributed by atoms with Crippen LogP contribution in [0.5, 0.6) is 5.75 Å². The number of benzene rings is 1. The maximum atomic E-state index is 11.8. The van der Waals surface area contributed by atoms with Crippen molar-refractivity contribution in [2.75, 3.05) is 19.7 Å². The Bertz CT molecular complexity index is 1240. The minimum Gasteiger partial charge on any atom is -0.492 e. The van der Waals surface area contributed by atoms with E-state index < -0.39 is 0 Å². The van der Waals surface area contributed by atoms with Crippen LogP contribution in [0.25, 0.3) is 17.0 Å². The summed E-state index contributed by atoms with van der Waals surface area (Å²) in [6.07, 6.45) is 11.5. The van der Waals surface area contributed by atoms with E-state index in [1.165, 1.54) is 0 Å². The SMILES string of the molecule is Cn1c(=O)ccc2cc(OCCN(C/C=C/c3cccnc3)Cc3cccnc3)ccc21. The second kappa shape index (κ2) is 10.5. The lowest BCUT2D eigenvalue weighted by molar-refractivity contribution is 0.217. The third kappa shape index (κ3) is 5.68. The maximum absolute atomic E-state index is 11.8. The molecule has 0 spiro atoms. The second-order valence-corrected chi connectivity index (χ2v) is 7.58. The number of hydrogen-bond donors (Lipinski definition) is 0. The van der Waals surface area contributed by atoms with Crippen molar-refractivity contribution >= 4 is 17.0 Å². The first-order valence-electron chi connectivity index (χ1n) is 10.6. The Balaban J connectivity index is 1.40. The molecule has 3 aromatic heterocycles. The Morgan fingerprint density at radius 2 is 1.88 bits per heavy atom. The zero-order valence-corrected chi connectivity index (χ0v) is 18.1. The zero-order valence-electron chi connectivity index (χ0n) is 18.1. The van der Waals surface area contributed by atoms with E-state index in [0.717, 1.165) is 47.4 Å². The predicted molar refractivity (Wildman–Crippen MR) is 127 cm³/mol. The molecule has 4 aromatic rings. The number of pyridine rings is 3. The Labute approximate surface area is 187 Å². The molecule has 0 bridgehead atoms. The van der Waals surface area contributed by atoms with Crippen molar-refractivity contribution in [2.24, 2.45) is 7.05 Å². The minimum atomic E-state index is -0.0171. The van der Waals surface area contributed by atoms with Gasteiger partial charge in [-0.2, -0.15) is 0 Å². The highest BCUT2D eigenvalue weighted by molar-refractivity contribution is 5.80. The maximum Gasteiger partial charge on any atom is 0.250 e. The molecule has 32 heavy (non-hydrogen) atoms. The third-order valence-electron chi connectivity index (χ3n) is 5.26. The van der Waals surface area contributed by atoms with Crippen molar-refractivity contribution < 1.29 is 4.74 Å². The number of ether oxygens (including phenoxy) is 1. The van der Waals surface area contributed by atoms with Gasteiger partial charge in [-0.25, -0.2) is 0 Å². The summed E-state index contributed by atoms with van der Waals surface area (Å²) in [5.74, 6) is 0.795. The smallest absolute Gasteiger partial charge is 0.250 e. The molecule has 0 saturated carbocycles. The Morgan fingerprint density at radius 1 is 1.03 bits per heavy atom. The van der Waals surface area contributed by atoms with Crippen LogP contribution >= 0.6 is 0 Å². The fourth-order valence-electron chi connectivity index (χ4n) is 3.54. The summed E-state index contributed by atoms with van der Waals surface area (Å²) >= 11 is 0. The lowest BCUT2D eigenvalue weighted by Crippen LogP contribution is -2.28. The molecule has 3 heterocycles. The van der Waals surface area contributed by atoms with Crippen LogP contribution in [0.1, 0.15) is 11.1 Å². The van der Waals surface area contributed by atoms with Crippen LogP contribution in [0.4, 0.5) is 0 Å². The highest BCUT2D eigenvalue weighted by Gasteiger charge is 2.07. The first-order chi connectivity index (χ1) is 15.7. The van der Waals surface area contributed by atoms with Crippen LogP contribution in [0, 0.1) is 0 Å². The fraction of sp³-hybridized carbons (Fsp3) is 0.192. The number of nitrogens with zero attached hydrogens (tertiary/aromatic N) is 4. The lowest BCUT2D eigenvalue weighted by Gasteiger charge is -2.21. The first-order valence-corrected chi connectivity index (χ1v) is 10.6. The summed E-state index contributed by atoms with van der Waals surface area (Å²) < 4.78 is 7.68. The standard InChI is InChI=1S/C26H26N4O2/c1-29-25-10-9-24(17-23(25)8-11-26(29)31)32-16-15-30(20-22-6-3-13-28-19-22)14-4-7-21-5-2-12-27-18-21/h2-13,17-19H,14-16,20H2,1H3/b7-4+. The van der Waals surface area contributed by atoms with Crippen molar-refractivity contribution in [3.63, 3.8) is 0 Å². The van der Waals surface area contributed by atoms with E-state index in [1.54, 1.807) is 30.1 Å². The van der Waals surface area contributed by atoms with E-state index in [1.807, 2.05) is 54.9 Å². The van der Waals surface area contributed by atoms with E-state index in [2.05, 4.69) is 33.1 Å². The van der Waals surface area contributed by atoms with Gasteiger partial charge in [-0.05, 0) is 47.5 Å². The fourth-order valence-corrected chi connectivity index (χ4v) is 3.54. The largest absolute Gasteiger partial charge is 0.492 e. The average molecular weight is 427 g/mol. The summed E-state index contributed by atoms with van der Waals surface area (Å²) in [7, 11) is 1.78. The summed E-state index contributed by atoms with van der Waals surface area (Å²) in [5, 5.41) is 0.983. The molecule has 0 fully saturated rings. The number of aromatic nitrogens is 3. The van der Waals surface area contributed by atoms with Crippen molar-refractivity contribution in [3.05, 3.63) is 107 Å². The van der Waals surface area contributed by atoms with Crippen molar-refractivity contribution in [3.8, 4) is 5.75 Å². The second-order valence-electron chi connectivity index (χ2n) is 7.58. The number of aryl methyl sites for hydroxylation is 1. The molecule has 0 aliphatic heterocycles. The first kappa shape index (κ1) is 21.5. The molecule has 0 atom stereocenters. The van der Waals surface area contributed by atoms with E-state index in [-0.39, 0.29) is 5.56 Å². The van der Waals surface area contributed by atoms with Gasteiger partial charge in [-0.15, -0.1) is 0 Å². The van der Waals surface area contributed by atoms with Gasteiger partial charge in [-0.3, -0.25) is 19.7 Å². The summed E-state index contributed by atoms with van der Waals surface area (Å²) in [6.45, 7) is 2.89. The molecule has 0 aliphatic rings. The van der Waals surface area contributed by atoms with Gasteiger partial charge in [0.25, 0.3) is 5.56 Å². The van der Waals surface area contributed by atoms with Gasteiger partial charge < -0.3 is 9.30 Å². The molecule has 0 N–H and O–H groups in total. The van der Waals surface area contributed by atoms with Crippen LogP contribution < -0.4 is 10.3 Å². The van der Waals surface area contributed by atoms with Crippen LogP contribution in [-0.4, -0.2) is 39.1 Å². The average Bonchev–Trinajstić information content (AvgIpc) is 2.83. The van der Waals surface area contributed by atoms with E-state index in [4.69, 9.17) is 4.74 Å². The van der Waals surface area contributed by atoms with Crippen LogP contribution in [0.15, 0.2) is 90.3 Å². The minimum absolute atomic E-state index is 0.0171. The van der Waals surface area contributed by atoms with Crippen LogP contribution in [0.3, 0.4) is 0 Å². The van der Waals surface area contributed by atoms with Crippen molar-refractivity contribution in [1.82, 2.24) is 19.4 Å². The number of fused-ring (bicyclic) bond motifs is 1.